The molecule has 0 saturated carbocycles. The van der Waals surface area contributed by atoms with Crippen LogP contribution in [0.3, 0.4) is 0 Å². The molecule has 0 aliphatic carbocycles. The van der Waals surface area contributed by atoms with Gasteiger partial charge in [-0.15, -0.1) is 0 Å². The number of nitrogens with one attached hydrogen (secondary N) is 3. The van der Waals surface area contributed by atoms with Crippen LogP contribution in [-0.4, -0.2) is 39.8 Å². The molecule has 3 aromatic rings. The molecule has 0 saturated heterocycles. The maximum absolute atomic E-state index is 12.6. The summed E-state index contributed by atoms with van der Waals surface area (Å²) in [5.41, 5.74) is 0.648. The van der Waals surface area contributed by atoms with Crippen molar-refractivity contribution in [2.75, 3.05) is 24.9 Å². The van der Waals surface area contributed by atoms with Crippen LogP contribution in [0.5, 0.6) is 11.5 Å². The molecule has 3 rings (SSSR count). The Balaban J connectivity index is 1.86. The molecular formula is C17H20N6O4. The second-order valence-corrected chi connectivity index (χ2v) is 5.66. The van der Waals surface area contributed by atoms with Gasteiger partial charge in [0, 0.05) is 11.8 Å². The minimum atomic E-state index is -0.571. The number of methoxy groups -OCH3 is 2. The summed E-state index contributed by atoms with van der Waals surface area (Å²) in [6.45, 7) is 1.96. The second-order valence-electron chi connectivity index (χ2n) is 5.66. The lowest BCUT2D eigenvalue weighted by Gasteiger charge is -2.12. The van der Waals surface area contributed by atoms with Crippen LogP contribution >= 0.6 is 0 Å². The summed E-state index contributed by atoms with van der Waals surface area (Å²) >= 11 is 0. The van der Waals surface area contributed by atoms with E-state index < -0.39 is 11.6 Å². The first kappa shape index (κ1) is 18.2. The average Bonchev–Trinajstić information content (AvgIpc) is 3.13. The fourth-order valence-electron chi connectivity index (χ4n) is 2.63. The standard InChI is InChI=1S/C17H20N6O4/c1-4-5-11-14(15(24)23-16(21-11)18-9-19-23)22-17(25)20-10-6-7-12(26-2)13(8-10)27-3/h6-9H,4-5H2,1-3H3,(H,18,19,21)(H2,20,22,25). The number of ether oxygens (including phenoxy) is 2. The number of benzene rings is 1. The Labute approximate surface area is 154 Å². The molecule has 1 aromatic carbocycles. The number of rotatable bonds is 6. The topological polar surface area (TPSA) is 123 Å². The van der Waals surface area contributed by atoms with Gasteiger partial charge in [-0.05, 0) is 18.6 Å². The number of hydrogen-bond donors (Lipinski definition) is 3. The molecule has 0 unspecified atom stereocenters. The molecule has 2 amide bonds. The molecular weight excluding hydrogens is 352 g/mol. The van der Waals surface area contributed by atoms with Gasteiger partial charge in [0.2, 0.25) is 0 Å². The van der Waals surface area contributed by atoms with E-state index in [4.69, 9.17) is 9.47 Å². The largest absolute Gasteiger partial charge is 0.493 e. The molecule has 0 spiro atoms. The molecule has 3 N–H and O–H groups in total. The van der Waals surface area contributed by atoms with Crippen LogP contribution < -0.4 is 25.7 Å². The monoisotopic (exact) mass is 372 g/mol. The van der Waals surface area contributed by atoms with Crippen LogP contribution in [0.15, 0.2) is 29.3 Å². The SMILES string of the molecule is CCCc1nc2nc[nH]n2c(=O)c1NC(=O)Nc1ccc(OC)c(OC)c1. The molecule has 142 valence electrons. The van der Waals surface area contributed by atoms with E-state index in [9.17, 15) is 9.59 Å². The van der Waals surface area contributed by atoms with E-state index in [0.29, 0.717) is 29.3 Å². The maximum atomic E-state index is 12.6. The fourth-order valence-corrected chi connectivity index (χ4v) is 2.63. The summed E-state index contributed by atoms with van der Waals surface area (Å²) in [6.07, 6.45) is 2.66. The molecule has 0 radical (unpaired) electrons. The van der Waals surface area contributed by atoms with E-state index in [0.717, 1.165) is 6.42 Å². The van der Waals surface area contributed by atoms with Crippen LogP contribution in [0, 0.1) is 0 Å². The van der Waals surface area contributed by atoms with Crippen molar-refractivity contribution >= 4 is 23.2 Å². The molecule has 27 heavy (non-hydrogen) atoms. The van der Waals surface area contributed by atoms with Crippen molar-refractivity contribution in [3.63, 3.8) is 0 Å². The van der Waals surface area contributed by atoms with E-state index in [1.807, 2.05) is 6.92 Å². The number of amides is 2. The Bertz CT molecular complexity index is 1030. The van der Waals surface area contributed by atoms with Crippen molar-refractivity contribution in [2.24, 2.45) is 0 Å². The van der Waals surface area contributed by atoms with Gasteiger partial charge in [0.15, 0.2) is 11.5 Å². The number of carbonyl (C=O) groups is 1. The lowest BCUT2D eigenvalue weighted by atomic mass is 10.2. The van der Waals surface area contributed by atoms with Gasteiger partial charge in [-0.3, -0.25) is 9.89 Å². The molecule has 0 aliphatic heterocycles. The van der Waals surface area contributed by atoms with Crippen LogP contribution in [0.4, 0.5) is 16.2 Å². The van der Waals surface area contributed by atoms with Crippen molar-refractivity contribution in [3.8, 4) is 11.5 Å². The third kappa shape index (κ3) is 3.68. The first-order valence-corrected chi connectivity index (χ1v) is 8.32. The minimum absolute atomic E-state index is 0.108. The van der Waals surface area contributed by atoms with Crippen LogP contribution in [0.25, 0.3) is 5.78 Å². The van der Waals surface area contributed by atoms with Gasteiger partial charge in [0.05, 0.1) is 19.9 Å². The zero-order valence-corrected chi connectivity index (χ0v) is 15.2. The Kier molecular flexibility index (Phi) is 5.25. The van der Waals surface area contributed by atoms with Crippen LogP contribution in [0.1, 0.15) is 19.0 Å². The predicted octanol–water partition coefficient (Wildman–Crippen LogP) is 2.03. The molecule has 0 fully saturated rings. The number of anilines is 2. The van der Waals surface area contributed by atoms with Crippen LogP contribution in [0.2, 0.25) is 0 Å². The first-order chi connectivity index (χ1) is 13.1. The number of hydrogen-bond acceptors (Lipinski definition) is 6. The molecule has 2 aromatic heterocycles. The van der Waals surface area contributed by atoms with Gasteiger partial charge in [0.25, 0.3) is 11.3 Å². The summed E-state index contributed by atoms with van der Waals surface area (Å²) in [5, 5.41) is 7.94. The third-order valence-electron chi connectivity index (χ3n) is 3.87. The van der Waals surface area contributed by atoms with Gasteiger partial charge in [-0.2, -0.15) is 4.52 Å². The highest BCUT2D eigenvalue weighted by molar-refractivity contribution is 6.00. The Morgan fingerprint density at radius 2 is 2.00 bits per heavy atom. The number of fused-ring (bicyclic) bond motifs is 1. The van der Waals surface area contributed by atoms with Crippen molar-refractivity contribution in [3.05, 3.63) is 40.6 Å². The summed E-state index contributed by atoms with van der Waals surface area (Å²) in [5.74, 6) is 1.28. The number of urea groups is 1. The van der Waals surface area contributed by atoms with Gasteiger partial charge in [-0.25, -0.2) is 14.8 Å². The number of carbonyl (C=O) groups excluding carboxylic acids is 1. The van der Waals surface area contributed by atoms with E-state index in [1.165, 1.54) is 25.1 Å². The predicted molar refractivity (Wildman–Crippen MR) is 99.8 cm³/mol. The summed E-state index contributed by atoms with van der Waals surface area (Å²) in [4.78, 5) is 33.4. The Morgan fingerprint density at radius 3 is 2.70 bits per heavy atom. The molecule has 10 heteroatoms. The lowest BCUT2D eigenvalue weighted by molar-refractivity contribution is 0.262. The van der Waals surface area contributed by atoms with Gasteiger partial charge in [0.1, 0.15) is 12.0 Å². The fraction of sp³-hybridized carbons (Fsp3) is 0.294. The van der Waals surface area contributed by atoms with Crippen molar-refractivity contribution in [2.45, 2.75) is 19.8 Å². The molecule has 0 atom stereocenters. The molecule has 2 heterocycles. The second kappa shape index (κ2) is 7.77. The number of H-pyrrole nitrogens is 1. The molecule has 0 bridgehead atoms. The van der Waals surface area contributed by atoms with Crippen molar-refractivity contribution in [1.29, 1.82) is 0 Å². The lowest BCUT2D eigenvalue weighted by Crippen LogP contribution is -2.28. The average molecular weight is 372 g/mol. The Morgan fingerprint density at radius 1 is 1.22 bits per heavy atom. The highest BCUT2D eigenvalue weighted by atomic mass is 16.5. The maximum Gasteiger partial charge on any atom is 0.323 e. The summed E-state index contributed by atoms with van der Waals surface area (Å²) in [7, 11) is 3.03. The summed E-state index contributed by atoms with van der Waals surface area (Å²) < 4.78 is 11.6. The van der Waals surface area contributed by atoms with Crippen molar-refractivity contribution < 1.29 is 14.3 Å². The molecule has 10 nitrogen and oxygen atoms in total. The van der Waals surface area contributed by atoms with E-state index in [2.05, 4.69) is 25.7 Å². The highest BCUT2D eigenvalue weighted by Crippen LogP contribution is 2.29. The number of aromatic amines is 1. The van der Waals surface area contributed by atoms with Crippen molar-refractivity contribution in [1.82, 2.24) is 19.6 Å². The van der Waals surface area contributed by atoms with Gasteiger partial charge < -0.3 is 20.1 Å². The van der Waals surface area contributed by atoms with E-state index in [1.54, 1.807) is 18.2 Å². The third-order valence-corrected chi connectivity index (χ3v) is 3.87. The Hall–Kier alpha value is -3.56. The highest BCUT2D eigenvalue weighted by Gasteiger charge is 2.16. The quantitative estimate of drug-likeness (QED) is 0.608. The van der Waals surface area contributed by atoms with Gasteiger partial charge in [-0.1, -0.05) is 13.3 Å². The zero-order chi connectivity index (χ0) is 19.4. The molecule has 0 aliphatic rings. The van der Waals surface area contributed by atoms with E-state index >= 15 is 0 Å². The van der Waals surface area contributed by atoms with Crippen LogP contribution in [-0.2, 0) is 6.42 Å². The minimum Gasteiger partial charge on any atom is -0.493 e. The number of aryl methyl sites for hydroxylation is 1. The summed E-state index contributed by atoms with van der Waals surface area (Å²) in [6, 6.07) is 4.38. The zero-order valence-electron chi connectivity index (χ0n) is 15.2. The normalized spacial score (nSPS) is 10.6. The first-order valence-electron chi connectivity index (χ1n) is 8.32. The van der Waals surface area contributed by atoms with E-state index in [-0.39, 0.29) is 11.5 Å². The smallest absolute Gasteiger partial charge is 0.323 e. The number of aromatic nitrogens is 4. The van der Waals surface area contributed by atoms with Gasteiger partial charge >= 0.3 is 6.03 Å². The number of nitrogens with zero attached hydrogens (tertiary/aromatic N) is 3.